The zero-order chi connectivity index (χ0) is 31.7. The molecule has 2 aromatic rings. The summed E-state index contributed by atoms with van der Waals surface area (Å²) in [6, 6.07) is 10.1. The predicted molar refractivity (Wildman–Crippen MR) is 165 cm³/mol. The van der Waals surface area contributed by atoms with Crippen molar-refractivity contribution in [1.29, 1.82) is 0 Å². The Kier molecular flexibility index (Phi) is 7.17. The summed E-state index contributed by atoms with van der Waals surface area (Å²) in [6.07, 6.45) is 7.07. The molecule has 1 saturated carbocycles. The number of alkyl halides is 2. The predicted octanol–water partition coefficient (Wildman–Crippen LogP) is 4.79. The van der Waals surface area contributed by atoms with Crippen molar-refractivity contribution in [2.45, 2.75) is 22.6 Å². The van der Waals surface area contributed by atoms with Crippen molar-refractivity contribution in [2.75, 3.05) is 26.2 Å². The number of ether oxygens (including phenoxy) is 2. The highest BCUT2D eigenvalue weighted by Gasteiger charge is 2.75. The number of anilines is 1. The van der Waals surface area contributed by atoms with Crippen LogP contribution in [0.4, 0.5) is 5.69 Å². The molecule has 4 amide bonds. The number of benzene rings is 2. The molecule has 9 nitrogen and oxygen atoms in total. The number of hydrogen-bond acceptors (Lipinski definition) is 7. The lowest BCUT2D eigenvalue weighted by molar-refractivity contribution is -0.138. The molecule has 2 aliphatic heterocycles. The van der Waals surface area contributed by atoms with Crippen molar-refractivity contribution in [3.63, 3.8) is 0 Å². The van der Waals surface area contributed by atoms with Gasteiger partial charge in [0.05, 0.1) is 31.7 Å². The third-order valence-electron chi connectivity index (χ3n) is 9.44. The van der Waals surface area contributed by atoms with E-state index in [9.17, 15) is 24.3 Å². The molecule has 0 radical (unpaired) electrons. The maximum atomic E-state index is 14.1. The first-order valence-corrected chi connectivity index (χ1v) is 14.8. The molecule has 228 valence electrons. The number of fused-ring (bicyclic) bond motifs is 4. The van der Waals surface area contributed by atoms with E-state index in [1.165, 1.54) is 26.2 Å². The molecule has 11 heteroatoms. The van der Waals surface area contributed by atoms with E-state index in [0.29, 0.717) is 16.8 Å². The molecule has 6 rings (SSSR count). The van der Waals surface area contributed by atoms with E-state index >= 15 is 0 Å². The third kappa shape index (κ3) is 3.98. The van der Waals surface area contributed by atoms with E-state index in [-0.39, 0.29) is 41.9 Å². The van der Waals surface area contributed by atoms with Crippen LogP contribution < -0.4 is 14.4 Å². The number of imide groups is 2. The van der Waals surface area contributed by atoms with Crippen LogP contribution in [-0.4, -0.2) is 64.7 Å². The van der Waals surface area contributed by atoms with Crippen molar-refractivity contribution in [2.24, 2.45) is 23.7 Å². The highest BCUT2D eigenvalue weighted by atomic mass is 35.5. The number of methoxy groups -OCH3 is 2. The van der Waals surface area contributed by atoms with Crippen molar-refractivity contribution in [3.05, 3.63) is 71.8 Å². The third-order valence-corrected chi connectivity index (χ3v) is 10.9. The molecule has 3 fully saturated rings. The molecular formula is C33H30Cl2N2O7. The Morgan fingerprint density at radius 1 is 0.955 bits per heavy atom. The first kappa shape index (κ1) is 30.0. The van der Waals surface area contributed by atoms with Gasteiger partial charge in [-0.2, -0.15) is 0 Å². The number of allylic oxidation sites excluding steroid dienone is 3. The van der Waals surface area contributed by atoms with Gasteiger partial charge in [-0.3, -0.25) is 29.0 Å². The van der Waals surface area contributed by atoms with Gasteiger partial charge in [-0.15, -0.1) is 23.2 Å². The van der Waals surface area contributed by atoms with Gasteiger partial charge in [0.15, 0.2) is 21.2 Å². The fourth-order valence-electron chi connectivity index (χ4n) is 7.22. The number of rotatable bonds is 6. The Hall–Kier alpha value is -4.08. The molecule has 6 atom stereocenters. The minimum Gasteiger partial charge on any atom is -0.502 e. The Balaban J connectivity index is 1.45. The smallest absolute Gasteiger partial charge is 0.253 e. The van der Waals surface area contributed by atoms with Crippen LogP contribution in [0.3, 0.4) is 0 Å². The van der Waals surface area contributed by atoms with Gasteiger partial charge < -0.3 is 14.6 Å². The molecule has 44 heavy (non-hydrogen) atoms. The molecule has 0 bridgehead atoms. The zero-order valence-electron chi connectivity index (χ0n) is 24.3. The van der Waals surface area contributed by atoms with Crippen molar-refractivity contribution in [1.82, 2.24) is 4.90 Å². The molecule has 0 aromatic heterocycles. The summed E-state index contributed by atoms with van der Waals surface area (Å²) in [5.41, 5.74) is 2.52. The first-order valence-electron chi connectivity index (χ1n) is 14.1. The summed E-state index contributed by atoms with van der Waals surface area (Å²) in [4.78, 5) is 53.4. The number of amides is 4. The van der Waals surface area contributed by atoms with E-state index in [1.807, 2.05) is 6.08 Å². The van der Waals surface area contributed by atoms with E-state index in [4.69, 9.17) is 32.7 Å². The van der Waals surface area contributed by atoms with Gasteiger partial charge in [0.1, 0.15) is 0 Å². The van der Waals surface area contributed by atoms with Crippen LogP contribution >= 0.6 is 23.2 Å². The Morgan fingerprint density at radius 3 is 2.18 bits per heavy atom. The Morgan fingerprint density at radius 2 is 1.59 bits per heavy atom. The van der Waals surface area contributed by atoms with Crippen LogP contribution in [0.2, 0.25) is 0 Å². The first-order chi connectivity index (χ1) is 20.9. The summed E-state index contributed by atoms with van der Waals surface area (Å²) < 4.78 is 10.6. The molecule has 2 saturated heterocycles. The number of aromatic hydroxyl groups is 1. The lowest BCUT2D eigenvalue weighted by Gasteiger charge is -2.49. The zero-order valence-corrected chi connectivity index (χ0v) is 25.8. The van der Waals surface area contributed by atoms with Crippen molar-refractivity contribution >= 4 is 64.7 Å². The maximum Gasteiger partial charge on any atom is 0.253 e. The number of carbonyl (C=O) groups is 4. The van der Waals surface area contributed by atoms with Crippen LogP contribution in [-0.2, 0) is 19.2 Å². The molecule has 0 spiro atoms. The van der Waals surface area contributed by atoms with Crippen molar-refractivity contribution < 1.29 is 33.8 Å². The second-order valence-electron chi connectivity index (χ2n) is 11.5. The number of carbonyl (C=O) groups excluding carboxylic acids is 4. The topological polar surface area (TPSA) is 113 Å². The quantitative estimate of drug-likeness (QED) is 0.275. The fourth-order valence-corrected chi connectivity index (χ4v) is 8.20. The van der Waals surface area contributed by atoms with E-state index in [0.717, 1.165) is 10.5 Å². The van der Waals surface area contributed by atoms with E-state index in [2.05, 4.69) is 6.58 Å². The number of nitrogens with zero attached hydrogens (tertiary/aromatic N) is 2. The summed E-state index contributed by atoms with van der Waals surface area (Å²) >= 11 is 14.3. The molecular weight excluding hydrogens is 607 g/mol. The van der Waals surface area contributed by atoms with Crippen molar-refractivity contribution in [3.8, 4) is 17.2 Å². The summed E-state index contributed by atoms with van der Waals surface area (Å²) in [5, 5.41) is 10.4. The van der Waals surface area contributed by atoms with Gasteiger partial charge in [0.2, 0.25) is 17.6 Å². The van der Waals surface area contributed by atoms with Gasteiger partial charge in [-0.05, 0) is 54.2 Å². The summed E-state index contributed by atoms with van der Waals surface area (Å²) in [7, 11) is 4.15. The van der Waals surface area contributed by atoms with E-state index in [1.54, 1.807) is 54.6 Å². The molecule has 4 aliphatic rings. The van der Waals surface area contributed by atoms with Crippen LogP contribution in [0.1, 0.15) is 24.0 Å². The molecule has 2 aliphatic carbocycles. The van der Waals surface area contributed by atoms with Crippen LogP contribution in [0.25, 0.3) is 12.2 Å². The highest BCUT2D eigenvalue weighted by Crippen LogP contribution is 2.63. The second-order valence-corrected chi connectivity index (χ2v) is 12.7. The summed E-state index contributed by atoms with van der Waals surface area (Å²) in [6.45, 7) is 3.75. The highest BCUT2D eigenvalue weighted by molar-refractivity contribution is 6.53. The van der Waals surface area contributed by atoms with Crippen LogP contribution in [0.5, 0.6) is 17.2 Å². The lowest BCUT2D eigenvalue weighted by atomic mass is 9.57. The number of hydrogen-bond donors (Lipinski definition) is 1. The molecule has 2 aromatic carbocycles. The van der Waals surface area contributed by atoms with Gasteiger partial charge in [-0.1, -0.05) is 48.6 Å². The maximum absolute atomic E-state index is 14.1. The fraction of sp³-hybridized carbons (Fsp3) is 0.333. The average molecular weight is 638 g/mol. The number of phenolic OH excluding ortho intramolecular Hbond substituents is 1. The monoisotopic (exact) mass is 636 g/mol. The van der Waals surface area contributed by atoms with E-state index < -0.39 is 45.2 Å². The number of halogens is 2. The van der Waals surface area contributed by atoms with Gasteiger partial charge in [-0.25, -0.2) is 0 Å². The molecule has 1 N–H and O–H groups in total. The normalized spacial score (nSPS) is 31.2. The standard InChI is InChI=1S/C33H30Cl2N2O7/c1-5-17-6-9-19(10-7-17)37-28(39)21-12-11-20-22(26(21)29(37)40)16-32(34)30(41)36(2)31(42)33(32,35)23(20)13-8-18-14-24(43-3)27(38)25(15-18)44-4/h5-11,13-15,21-23,26,38H,1,12,16H2,2-4H3/t21-,22+,23-,26-,32+,33-/m0/s1. The minimum atomic E-state index is -1.89. The average Bonchev–Trinajstić information content (AvgIpc) is 3.35. The summed E-state index contributed by atoms with van der Waals surface area (Å²) in [5.74, 6) is -4.83. The lowest BCUT2D eigenvalue weighted by Crippen LogP contribution is -2.60. The molecule has 0 unspecified atom stereocenters. The van der Waals surface area contributed by atoms with Gasteiger partial charge in [0.25, 0.3) is 11.8 Å². The Bertz CT molecular complexity index is 1660. The molecule has 2 heterocycles. The van der Waals surface area contributed by atoms with Crippen LogP contribution in [0.15, 0.2) is 60.7 Å². The number of phenols is 1. The van der Waals surface area contributed by atoms with Crippen LogP contribution in [0, 0.1) is 23.7 Å². The second kappa shape index (κ2) is 10.5. The van der Waals surface area contributed by atoms with Gasteiger partial charge >= 0.3 is 0 Å². The largest absolute Gasteiger partial charge is 0.502 e. The SMILES string of the molecule is C=Cc1ccc(N2C(=O)[C@H]3[C@H](CC=C4[C@H]3C[C@@]3(Cl)C(=O)N(C)C(=O)[C@@]3(Cl)[C@H]4C=Cc3cc(OC)c(O)c(OC)c3)C2=O)cc1. The number of likely N-dealkylation sites (tertiary alicyclic amines) is 1. The van der Waals surface area contributed by atoms with Gasteiger partial charge in [0, 0.05) is 13.0 Å². The minimum absolute atomic E-state index is 0.0899. The Labute approximate surface area is 264 Å².